The minimum Gasteiger partial charge on any atom is -0.465 e. The van der Waals surface area contributed by atoms with Gasteiger partial charge >= 0.3 is 18.2 Å². The minimum atomic E-state index is -4.51. The van der Waals surface area contributed by atoms with Crippen molar-refractivity contribution in [2.45, 2.75) is 31.4 Å². The van der Waals surface area contributed by atoms with Crippen molar-refractivity contribution in [2.75, 3.05) is 17.2 Å². The number of halogens is 3. The lowest BCUT2D eigenvalue weighted by Gasteiger charge is -2.16. The summed E-state index contributed by atoms with van der Waals surface area (Å²) in [6.45, 7) is 2.06. The maximum atomic E-state index is 12.9. The van der Waals surface area contributed by atoms with Crippen LogP contribution in [0.2, 0.25) is 0 Å². The molecule has 1 aliphatic carbocycles. The van der Waals surface area contributed by atoms with E-state index in [4.69, 9.17) is 9.72 Å². The maximum Gasteiger partial charge on any atom is 0.416 e. The third kappa shape index (κ3) is 4.79. The number of aromatic nitrogens is 3. The van der Waals surface area contributed by atoms with Gasteiger partial charge in [0.1, 0.15) is 5.41 Å². The van der Waals surface area contributed by atoms with Crippen molar-refractivity contribution in [3.63, 3.8) is 0 Å². The van der Waals surface area contributed by atoms with Gasteiger partial charge in [-0.25, -0.2) is 9.78 Å². The molecule has 2 aromatic carbocycles. The van der Waals surface area contributed by atoms with Crippen LogP contribution in [-0.4, -0.2) is 33.4 Å². The topological polar surface area (TPSA) is 98.1 Å². The molecular formula is C27H24F3N5O3. The van der Waals surface area contributed by atoms with Crippen LogP contribution < -0.4 is 10.6 Å². The molecule has 5 rings (SSSR count). The number of urea groups is 1. The Hall–Kier alpha value is -4.41. The van der Waals surface area contributed by atoms with E-state index < -0.39 is 23.2 Å². The number of benzene rings is 2. The summed E-state index contributed by atoms with van der Waals surface area (Å²) in [5.41, 5.74) is 1.76. The van der Waals surface area contributed by atoms with Gasteiger partial charge in [0, 0.05) is 23.8 Å². The summed E-state index contributed by atoms with van der Waals surface area (Å²) < 4.78 is 45.8. The van der Waals surface area contributed by atoms with Crippen molar-refractivity contribution in [3.8, 4) is 11.1 Å². The van der Waals surface area contributed by atoms with Crippen LogP contribution >= 0.6 is 0 Å². The lowest BCUT2D eigenvalue weighted by molar-refractivity contribution is -0.146. The molecule has 0 atom stereocenters. The molecule has 8 nitrogen and oxygen atoms in total. The number of esters is 1. The van der Waals surface area contributed by atoms with E-state index in [2.05, 4.69) is 15.7 Å². The fraction of sp³-hybridized carbons (Fsp3) is 0.259. The Balaban J connectivity index is 1.38. The van der Waals surface area contributed by atoms with Gasteiger partial charge < -0.3 is 15.4 Å². The standard InChI is InChI=1S/C27H24F3N5O3/c1-3-38-24(36)26(11-12-26)22-14-20(21-15-31-35(2)23(21)34-22)16-7-9-18(10-8-16)32-25(37)33-19-6-4-5-17(13-19)27(28,29)30/h4-10,13-15H,3,11-12H2,1-2H3,(H2,32,33,37). The molecule has 0 saturated heterocycles. The van der Waals surface area contributed by atoms with Gasteiger partial charge in [-0.15, -0.1) is 0 Å². The van der Waals surface area contributed by atoms with E-state index in [9.17, 15) is 22.8 Å². The summed E-state index contributed by atoms with van der Waals surface area (Å²) >= 11 is 0. The molecule has 2 amide bonds. The first kappa shape index (κ1) is 25.2. The van der Waals surface area contributed by atoms with Crippen LogP contribution in [0.25, 0.3) is 22.2 Å². The SMILES string of the molecule is CCOC(=O)C1(c2cc(-c3ccc(NC(=O)Nc4cccc(C(F)(F)F)c4)cc3)c3cnn(C)c3n2)CC1. The number of aryl methyl sites for hydroxylation is 1. The molecule has 1 fully saturated rings. The van der Waals surface area contributed by atoms with Gasteiger partial charge in [-0.1, -0.05) is 18.2 Å². The number of ether oxygens (including phenoxy) is 1. The molecule has 0 spiro atoms. The number of hydrogen-bond acceptors (Lipinski definition) is 5. The molecule has 196 valence electrons. The van der Waals surface area contributed by atoms with Crippen molar-refractivity contribution < 1.29 is 27.5 Å². The van der Waals surface area contributed by atoms with Gasteiger partial charge in [0.2, 0.25) is 0 Å². The molecule has 0 unspecified atom stereocenters. The van der Waals surface area contributed by atoms with Crippen LogP contribution in [0.1, 0.15) is 31.0 Å². The number of carbonyl (C=O) groups excluding carboxylic acids is 2. The highest BCUT2D eigenvalue weighted by molar-refractivity contribution is 6.00. The summed E-state index contributed by atoms with van der Waals surface area (Å²) in [6, 6.07) is 12.6. The summed E-state index contributed by atoms with van der Waals surface area (Å²) in [7, 11) is 1.78. The zero-order chi connectivity index (χ0) is 27.1. The Morgan fingerprint density at radius 3 is 2.42 bits per heavy atom. The Kier molecular flexibility index (Phi) is 6.29. The number of nitrogens with zero attached hydrogens (tertiary/aromatic N) is 3. The summed E-state index contributed by atoms with van der Waals surface area (Å²) in [5.74, 6) is -0.286. The first-order valence-electron chi connectivity index (χ1n) is 12.0. The van der Waals surface area contributed by atoms with Gasteiger partial charge in [0.25, 0.3) is 0 Å². The lowest BCUT2D eigenvalue weighted by Crippen LogP contribution is -2.24. The second kappa shape index (κ2) is 9.47. The number of pyridine rings is 1. The number of rotatable bonds is 6. The second-order valence-electron chi connectivity index (χ2n) is 9.10. The quantitative estimate of drug-likeness (QED) is 0.307. The van der Waals surface area contributed by atoms with Crippen LogP contribution in [0.15, 0.2) is 60.8 Å². The number of carbonyl (C=O) groups is 2. The Morgan fingerprint density at radius 2 is 1.76 bits per heavy atom. The zero-order valence-electron chi connectivity index (χ0n) is 20.6. The van der Waals surface area contributed by atoms with Gasteiger partial charge in [-0.2, -0.15) is 18.3 Å². The van der Waals surface area contributed by atoms with Crippen molar-refractivity contribution >= 4 is 34.4 Å². The van der Waals surface area contributed by atoms with Crippen LogP contribution in [0.5, 0.6) is 0 Å². The largest absolute Gasteiger partial charge is 0.465 e. The monoisotopic (exact) mass is 523 g/mol. The predicted octanol–water partition coefficient (Wildman–Crippen LogP) is 5.89. The van der Waals surface area contributed by atoms with Gasteiger partial charge in [-0.05, 0) is 67.3 Å². The Morgan fingerprint density at radius 1 is 1.05 bits per heavy atom. The number of alkyl halides is 3. The Labute approximate surface area is 215 Å². The average Bonchev–Trinajstić information content (AvgIpc) is 3.62. The first-order chi connectivity index (χ1) is 18.1. The van der Waals surface area contributed by atoms with Crippen molar-refractivity contribution in [2.24, 2.45) is 7.05 Å². The van der Waals surface area contributed by atoms with Crippen LogP contribution in [-0.2, 0) is 28.2 Å². The van der Waals surface area contributed by atoms with E-state index >= 15 is 0 Å². The lowest BCUT2D eigenvalue weighted by atomic mass is 9.96. The fourth-order valence-corrected chi connectivity index (χ4v) is 4.36. The summed E-state index contributed by atoms with van der Waals surface area (Å²) in [4.78, 5) is 29.8. The van der Waals surface area contributed by atoms with Crippen molar-refractivity contribution in [3.05, 3.63) is 72.1 Å². The first-order valence-corrected chi connectivity index (χ1v) is 12.0. The number of anilines is 2. The molecule has 0 aliphatic heterocycles. The van der Waals surface area contributed by atoms with E-state index in [-0.39, 0.29) is 18.3 Å². The molecule has 4 aromatic rings. The van der Waals surface area contributed by atoms with Crippen LogP contribution in [0.3, 0.4) is 0 Å². The highest BCUT2D eigenvalue weighted by Gasteiger charge is 2.54. The number of hydrogen-bond donors (Lipinski definition) is 2. The van der Waals surface area contributed by atoms with Crippen LogP contribution in [0, 0.1) is 0 Å². The van der Waals surface area contributed by atoms with E-state index in [1.165, 1.54) is 12.1 Å². The predicted molar refractivity (Wildman–Crippen MR) is 136 cm³/mol. The summed E-state index contributed by atoms with van der Waals surface area (Å²) in [5, 5.41) is 10.2. The van der Waals surface area contributed by atoms with Gasteiger partial charge in [0.15, 0.2) is 5.65 Å². The van der Waals surface area contributed by atoms with Crippen LogP contribution in [0.4, 0.5) is 29.3 Å². The maximum absolute atomic E-state index is 12.9. The Bertz CT molecular complexity index is 1530. The second-order valence-corrected chi connectivity index (χ2v) is 9.10. The van der Waals surface area contributed by atoms with E-state index in [1.54, 1.807) is 49.1 Å². The van der Waals surface area contributed by atoms with E-state index in [0.717, 1.165) is 28.6 Å². The third-order valence-corrected chi connectivity index (χ3v) is 6.51. The number of nitrogens with one attached hydrogen (secondary N) is 2. The molecule has 0 radical (unpaired) electrons. The van der Waals surface area contributed by atoms with E-state index in [1.807, 2.05) is 6.07 Å². The average molecular weight is 524 g/mol. The molecule has 2 heterocycles. The smallest absolute Gasteiger partial charge is 0.416 e. The molecule has 1 saturated carbocycles. The van der Waals surface area contributed by atoms with Crippen molar-refractivity contribution in [1.82, 2.24) is 14.8 Å². The highest BCUT2D eigenvalue weighted by Crippen LogP contribution is 2.50. The minimum absolute atomic E-state index is 0.0211. The van der Waals surface area contributed by atoms with Crippen molar-refractivity contribution in [1.29, 1.82) is 0 Å². The van der Waals surface area contributed by atoms with Gasteiger partial charge in [-0.3, -0.25) is 9.48 Å². The molecule has 2 N–H and O–H groups in total. The zero-order valence-corrected chi connectivity index (χ0v) is 20.6. The molecule has 1 aliphatic rings. The van der Waals surface area contributed by atoms with E-state index in [0.29, 0.717) is 29.9 Å². The number of amides is 2. The third-order valence-electron chi connectivity index (χ3n) is 6.51. The highest BCUT2D eigenvalue weighted by atomic mass is 19.4. The number of fused-ring (bicyclic) bond motifs is 1. The fourth-order valence-electron chi connectivity index (χ4n) is 4.36. The molecule has 38 heavy (non-hydrogen) atoms. The molecule has 11 heteroatoms. The van der Waals surface area contributed by atoms with Gasteiger partial charge in [0.05, 0.1) is 24.1 Å². The molecular weight excluding hydrogens is 499 g/mol. The molecule has 0 bridgehead atoms. The molecule has 2 aromatic heterocycles. The normalized spacial score (nSPS) is 14.2. The summed E-state index contributed by atoms with van der Waals surface area (Å²) in [6.07, 6.45) is -1.48.